The number of para-hydroxylation sites is 1. The van der Waals surface area contributed by atoms with Crippen LogP contribution in [-0.4, -0.2) is 54.3 Å². The molecule has 1 fully saturated rings. The summed E-state index contributed by atoms with van der Waals surface area (Å²) in [5.74, 6) is -0.269. The molecule has 0 saturated carbocycles. The van der Waals surface area contributed by atoms with E-state index in [0.717, 1.165) is 17.5 Å². The molecule has 0 aliphatic carbocycles. The van der Waals surface area contributed by atoms with Crippen LogP contribution >= 0.6 is 0 Å². The highest BCUT2D eigenvalue weighted by molar-refractivity contribution is 5.92. The summed E-state index contributed by atoms with van der Waals surface area (Å²) >= 11 is 0. The molecular weight excluding hydrogens is 369 g/mol. The molecule has 2 aliphatic heterocycles. The van der Waals surface area contributed by atoms with Gasteiger partial charge in [-0.1, -0.05) is 43.3 Å². The highest BCUT2D eigenvalue weighted by atomic mass is 19.1. The Hall–Kier alpha value is -2.89. The first kappa shape index (κ1) is 19.4. The predicted molar refractivity (Wildman–Crippen MR) is 110 cm³/mol. The van der Waals surface area contributed by atoms with Gasteiger partial charge in [-0.3, -0.25) is 9.59 Å². The maximum atomic E-state index is 14.1. The van der Waals surface area contributed by atoms with Crippen molar-refractivity contribution in [1.29, 1.82) is 0 Å². The molecule has 0 bridgehead atoms. The summed E-state index contributed by atoms with van der Waals surface area (Å²) < 4.78 is 14.1. The first-order valence-electron chi connectivity index (χ1n) is 10.3. The van der Waals surface area contributed by atoms with Gasteiger partial charge in [0.15, 0.2) is 0 Å². The van der Waals surface area contributed by atoms with Crippen molar-refractivity contribution >= 4 is 17.5 Å². The van der Waals surface area contributed by atoms with E-state index < -0.39 is 6.04 Å². The lowest BCUT2D eigenvalue weighted by atomic mass is 9.91. The second-order valence-corrected chi connectivity index (χ2v) is 7.63. The van der Waals surface area contributed by atoms with E-state index >= 15 is 0 Å². The highest BCUT2D eigenvalue weighted by Gasteiger charge is 2.39. The number of benzene rings is 2. The Labute approximate surface area is 170 Å². The van der Waals surface area contributed by atoms with E-state index in [1.807, 2.05) is 47.1 Å². The lowest BCUT2D eigenvalue weighted by molar-refractivity contribution is -0.147. The monoisotopic (exact) mass is 395 g/mol. The second kappa shape index (κ2) is 8.23. The molecule has 2 amide bonds. The molecule has 4 rings (SSSR count). The van der Waals surface area contributed by atoms with Crippen LogP contribution in [0.1, 0.15) is 30.5 Å². The van der Waals surface area contributed by atoms with Gasteiger partial charge < -0.3 is 14.7 Å². The van der Waals surface area contributed by atoms with Crippen LogP contribution in [0.2, 0.25) is 0 Å². The number of carbonyl (C=O) groups is 2. The van der Waals surface area contributed by atoms with Gasteiger partial charge >= 0.3 is 0 Å². The molecule has 0 N–H and O–H groups in total. The van der Waals surface area contributed by atoms with Gasteiger partial charge in [-0.25, -0.2) is 4.39 Å². The molecule has 2 aromatic carbocycles. The highest BCUT2D eigenvalue weighted by Crippen LogP contribution is 2.32. The van der Waals surface area contributed by atoms with Crippen LogP contribution in [0.3, 0.4) is 0 Å². The second-order valence-electron chi connectivity index (χ2n) is 7.63. The maximum Gasteiger partial charge on any atom is 0.250 e. The van der Waals surface area contributed by atoms with Crippen LogP contribution in [-0.2, 0) is 16.0 Å². The zero-order valence-electron chi connectivity index (χ0n) is 16.7. The van der Waals surface area contributed by atoms with Gasteiger partial charge in [-0.2, -0.15) is 0 Å². The molecule has 1 unspecified atom stereocenters. The van der Waals surface area contributed by atoms with Crippen molar-refractivity contribution in [3.05, 3.63) is 65.5 Å². The van der Waals surface area contributed by atoms with Crippen molar-refractivity contribution in [2.75, 3.05) is 37.6 Å². The molecule has 6 heteroatoms. The molecule has 0 radical (unpaired) electrons. The summed E-state index contributed by atoms with van der Waals surface area (Å²) in [6.07, 6.45) is 1.15. The van der Waals surface area contributed by atoms with E-state index in [1.54, 1.807) is 17.0 Å². The Morgan fingerprint density at radius 1 is 1.03 bits per heavy atom. The van der Waals surface area contributed by atoms with Crippen LogP contribution in [0.5, 0.6) is 0 Å². The van der Waals surface area contributed by atoms with Crippen LogP contribution in [0.25, 0.3) is 0 Å². The first-order valence-corrected chi connectivity index (χ1v) is 10.3. The van der Waals surface area contributed by atoms with E-state index in [2.05, 4.69) is 0 Å². The third-order valence-corrected chi connectivity index (χ3v) is 5.81. The first-order chi connectivity index (χ1) is 14.1. The van der Waals surface area contributed by atoms with E-state index in [9.17, 15) is 14.0 Å². The summed E-state index contributed by atoms with van der Waals surface area (Å²) in [4.78, 5) is 31.7. The van der Waals surface area contributed by atoms with Crippen molar-refractivity contribution in [2.45, 2.75) is 25.8 Å². The van der Waals surface area contributed by atoms with Gasteiger partial charge in [0.05, 0.1) is 12.1 Å². The summed E-state index contributed by atoms with van der Waals surface area (Å²) in [5.41, 5.74) is 2.45. The Morgan fingerprint density at radius 2 is 1.72 bits per heavy atom. The number of halogens is 1. The molecule has 2 heterocycles. The average Bonchev–Trinajstić information content (AvgIpc) is 2.74. The number of fused-ring (bicyclic) bond motifs is 1. The molecule has 5 nitrogen and oxygen atoms in total. The van der Waals surface area contributed by atoms with Gasteiger partial charge in [-0.05, 0) is 29.7 Å². The molecule has 29 heavy (non-hydrogen) atoms. The van der Waals surface area contributed by atoms with E-state index in [-0.39, 0.29) is 17.6 Å². The van der Waals surface area contributed by atoms with E-state index in [0.29, 0.717) is 44.8 Å². The van der Waals surface area contributed by atoms with Crippen LogP contribution in [0.4, 0.5) is 10.1 Å². The predicted octanol–water partition coefficient (Wildman–Crippen LogP) is 3.01. The smallest absolute Gasteiger partial charge is 0.250 e. The van der Waals surface area contributed by atoms with Crippen LogP contribution in [0, 0.1) is 5.82 Å². The zero-order chi connectivity index (χ0) is 20.4. The molecule has 0 spiro atoms. The SMILES string of the molecule is CCCN1C(=O)Cc2ccccc2C1C(=O)N1CCN(c2ccccc2F)CC1. The third-order valence-electron chi connectivity index (χ3n) is 5.81. The van der Waals surface area contributed by atoms with Gasteiger partial charge in [0, 0.05) is 32.7 Å². The number of piperazine rings is 1. The summed E-state index contributed by atoms with van der Waals surface area (Å²) in [6, 6.07) is 13.9. The number of anilines is 1. The van der Waals surface area contributed by atoms with Gasteiger partial charge in [0.25, 0.3) is 0 Å². The number of rotatable bonds is 4. The zero-order valence-corrected chi connectivity index (χ0v) is 16.7. The third kappa shape index (κ3) is 3.71. The van der Waals surface area contributed by atoms with Crippen molar-refractivity contribution in [3.8, 4) is 0 Å². The van der Waals surface area contributed by atoms with E-state index in [1.165, 1.54) is 6.07 Å². The molecule has 1 saturated heterocycles. The molecule has 2 aromatic rings. The fourth-order valence-electron chi connectivity index (χ4n) is 4.35. The molecule has 1 atom stereocenters. The van der Waals surface area contributed by atoms with Crippen LogP contribution in [0.15, 0.2) is 48.5 Å². The Bertz CT molecular complexity index is 909. The molecular formula is C23H26FN3O2. The summed E-state index contributed by atoms with van der Waals surface area (Å²) in [7, 11) is 0. The molecule has 152 valence electrons. The van der Waals surface area contributed by atoms with Crippen molar-refractivity contribution in [3.63, 3.8) is 0 Å². The minimum atomic E-state index is -0.563. The largest absolute Gasteiger partial charge is 0.366 e. The Kier molecular flexibility index (Phi) is 5.51. The Balaban J connectivity index is 1.54. The number of amides is 2. The van der Waals surface area contributed by atoms with Gasteiger partial charge in [-0.15, -0.1) is 0 Å². The lowest BCUT2D eigenvalue weighted by Crippen LogP contribution is -2.54. The minimum Gasteiger partial charge on any atom is -0.366 e. The summed E-state index contributed by atoms with van der Waals surface area (Å²) in [6.45, 7) is 4.76. The average molecular weight is 395 g/mol. The fourth-order valence-corrected chi connectivity index (χ4v) is 4.35. The normalized spacial score (nSPS) is 19.3. The van der Waals surface area contributed by atoms with Gasteiger partial charge in [0.1, 0.15) is 11.9 Å². The number of nitrogens with zero attached hydrogens (tertiary/aromatic N) is 3. The molecule has 0 aromatic heterocycles. The Morgan fingerprint density at radius 3 is 2.45 bits per heavy atom. The standard InChI is InChI=1S/C23H26FN3O2/c1-2-11-27-21(28)16-17-7-3-4-8-18(17)22(27)23(29)26-14-12-25(13-15-26)20-10-6-5-9-19(20)24/h3-10,22H,2,11-16H2,1H3. The topological polar surface area (TPSA) is 43.9 Å². The number of hydrogen-bond acceptors (Lipinski definition) is 3. The van der Waals surface area contributed by atoms with E-state index in [4.69, 9.17) is 0 Å². The van der Waals surface area contributed by atoms with Crippen molar-refractivity contribution < 1.29 is 14.0 Å². The van der Waals surface area contributed by atoms with Crippen molar-refractivity contribution in [1.82, 2.24) is 9.80 Å². The number of hydrogen-bond donors (Lipinski definition) is 0. The minimum absolute atomic E-state index is 0.00823. The number of carbonyl (C=O) groups excluding carboxylic acids is 2. The molecule has 2 aliphatic rings. The maximum absolute atomic E-state index is 14.1. The lowest BCUT2D eigenvalue weighted by Gasteiger charge is -2.42. The summed E-state index contributed by atoms with van der Waals surface area (Å²) in [5, 5.41) is 0. The van der Waals surface area contributed by atoms with Crippen molar-refractivity contribution in [2.24, 2.45) is 0 Å². The quantitative estimate of drug-likeness (QED) is 0.799. The van der Waals surface area contributed by atoms with Crippen LogP contribution < -0.4 is 4.90 Å². The van der Waals surface area contributed by atoms with Gasteiger partial charge in [0.2, 0.25) is 11.8 Å². The fraction of sp³-hybridized carbons (Fsp3) is 0.391.